The fourth-order valence-corrected chi connectivity index (χ4v) is 6.85. The molecule has 2 N–H and O–H groups in total. The van der Waals surface area contributed by atoms with Crippen molar-refractivity contribution in [2.75, 3.05) is 19.7 Å². The van der Waals surface area contributed by atoms with Crippen molar-refractivity contribution < 1.29 is 14.3 Å². The maximum Gasteiger partial charge on any atom is 0.314 e. The molecular formula is C30H39N3O3. The van der Waals surface area contributed by atoms with Crippen LogP contribution in [0.4, 0.5) is 4.79 Å². The molecule has 1 spiro atoms. The number of nitrogens with two attached hydrogens (primary N) is 1. The number of urea groups is 1. The Morgan fingerprint density at radius 2 is 1.69 bits per heavy atom. The monoisotopic (exact) mass is 489 g/mol. The quantitative estimate of drug-likeness (QED) is 0.595. The Kier molecular flexibility index (Phi) is 7.61. The number of hydrogen-bond donors (Lipinski definition) is 1. The molecule has 0 aromatic heterocycles. The van der Waals surface area contributed by atoms with Crippen LogP contribution in [0.5, 0.6) is 0 Å². The van der Waals surface area contributed by atoms with Crippen molar-refractivity contribution in [2.24, 2.45) is 11.7 Å². The maximum atomic E-state index is 13.9. The van der Waals surface area contributed by atoms with Gasteiger partial charge in [-0.25, -0.2) is 4.79 Å². The van der Waals surface area contributed by atoms with Crippen LogP contribution in [0.25, 0.3) is 0 Å². The van der Waals surface area contributed by atoms with Gasteiger partial charge in [0, 0.05) is 13.1 Å². The normalized spacial score (nSPS) is 20.8. The van der Waals surface area contributed by atoms with Crippen LogP contribution < -0.4 is 5.73 Å². The third kappa shape index (κ3) is 5.15. The number of benzene rings is 2. The van der Waals surface area contributed by atoms with Gasteiger partial charge in [-0.3, -0.25) is 4.79 Å². The van der Waals surface area contributed by atoms with Crippen LogP contribution in [0.1, 0.15) is 68.1 Å². The van der Waals surface area contributed by atoms with Gasteiger partial charge in [0.1, 0.15) is 0 Å². The lowest BCUT2D eigenvalue weighted by Crippen LogP contribution is -2.63. The largest absolute Gasteiger partial charge is 0.375 e. The van der Waals surface area contributed by atoms with E-state index in [2.05, 4.69) is 35.2 Å². The molecule has 3 amide bonds. The van der Waals surface area contributed by atoms with Gasteiger partial charge < -0.3 is 20.3 Å². The zero-order chi connectivity index (χ0) is 25.0. The standard InChI is InChI=1S/C30H39N3O3/c31-29(35)32-17-15-30(16-18-32)27-14-8-7-13-25(27)20-28(34)33(30)26(19-23-9-3-1-4-10-23)22-36-21-24-11-5-2-6-12-24/h2,5-8,11-14,23,26H,1,3-4,9-10,15-22H2,(H2,31,35)/t26-/m0/s1. The van der Waals surface area contributed by atoms with Crippen LogP contribution in [0.2, 0.25) is 0 Å². The Hall–Kier alpha value is -2.86. The number of likely N-dealkylation sites (tertiary alicyclic amines) is 1. The number of rotatable bonds is 7. The fourth-order valence-electron chi connectivity index (χ4n) is 6.85. The van der Waals surface area contributed by atoms with Crippen LogP contribution in [-0.4, -0.2) is 47.5 Å². The van der Waals surface area contributed by atoms with Gasteiger partial charge in [0.25, 0.3) is 0 Å². The molecule has 192 valence electrons. The van der Waals surface area contributed by atoms with E-state index in [0.29, 0.717) is 51.5 Å². The summed E-state index contributed by atoms with van der Waals surface area (Å²) in [6, 6.07) is 18.3. The number of nitrogens with zero attached hydrogens (tertiary/aromatic N) is 2. The minimum Gasteiger partial charge on any atom is -0.375 e. The lowest BCUT2D eigenvalue weighted by atomic mass is 9.72. The van der Waals surface area contributed by atoms with E-state index in [0.717, 1.165) is 17.5 Å². The van der Waals surface area contributed by atoms with E-state index < -0.39 is 5.54 Å². The first kappa shape index (κ1) is 24.8. The van der Waals surface area contributed by atoms with Gasteiger partial charge in [0.05, 0.1) is 31.2 Å². The number of carbonyl (C=O) groups is 2. The second-order valence-corrected chi connectivity index (χ2v) is 10.8. The molecule has 36 heavy (non-hydrogen) atoms. The van der Waals surface area contributed by atoms with E-state index in [4.69, 9.17) is 10.5 Å². The van der Waals surface area contributed by atoms with Crippen molar-refractivity contribution in [3.05, 3.63) is 71.3 Å². The van der Waals surface area contributed by atoms with Gasteiger partial charge in [-0.15, -0.1) is 0 Å². The molecule has 3 aliphatic rings. The summed E-state index contributed by atoms with van der Waals surface area (Å²) in [6.07, 6.45) is 9.15. The van der Waals surface area contributed by atoms with Gasteiger partial charge in [0.15, 0.2) is 0 Å². The van der Waals surface area contributed by atoms with Gasteiger partial charge in [-0.2, -0.15) is 0 Å². The molecule has 1 aliphatic carbocycles. The Bertz CT molecular complexity index is 1040. The summed E-state index contributed by atoms with van der Waals surface area (Å²) in [7, 11) is 0. The topological polar surface area (TPSA) is 75.9 Å². The molecule has 6 heteroatoms. The predicted octanol–water partition coefficient (Wildman–Crippen LogP) is 5.00. The van der Waals surface area contributed by atoms with E-state index in [9.17, 15) is 9.59 Å². The first-order chi connectivity index (χ1) is 17.6. The molecule has 1 saturated heterocycles. The van der Waals surface area contributed by atoms with E-state index in [1.54, 1.807) is 4.90 Å². The Balaban J connectivity index is 1.45. The van der Waals surface area contributed by atoms with Crippen LogP contribution in [0, 0.1) is 5.92 Å². The third-order valence-corrected chi connectivity index (χ3v) is 8.61. The molecule has 0 unspecified atom stereocenters. The highest BCUT2D eigenvalue weighted by Crippen LogP contribution is 2.46. The average molecular weight is 490 g/mol. The van der Waals surface area contributed by atoms with Crippen molar-refractivity contribution in [2.45, 2.75) is 76.0 Å². The van der Waals surface area contributed by atoms with Crippen LogP contribution in [-0.2, 0) is 28.1 Å². The Morgan fingerprint density at radius 1 is 1.00 bits per heavy atom. The Morgan fingerprint density at radius 3 is 2.42 bits per heavy atom. The highest BCUT2D eigenvalue weighted by molar-refractivity contribution is 5.83. The summed E-state index contributed by atoms with van der Waals surface area (Å²) >= 11 is 0. The molecule has 2 aliphatic heterocycles. The van der Waals surface area contributed by atoms with Crippen LogP contribution in [0.3, 0.4) is 0 Å². The first-order valence-electron chi connectivity index (χ1n) is 13.6. The van der Waals surface area contributed by atoms with Gasteiger partial charge in [-0.05, 0) is 41.9 Å². The van der Waals surface area contributed by atoms with E-state index in [1.807, 2.05) is 24.3 Å². The lowest BCUT2D eigenvalue weighted by Gasteiger charge is -2.55. The zero-order valence-electron chi connectivity index (χ0n) is 21.2. The summed E-state index contributed by atoms with van der Waals surface area (Å²) in [5, 5.41) is 0. The molecule has 2 fully saturated rings. The van der Waals surface area contributed by atoms with Crippen molar-refractivity contribution in [3.8, 4) is 0 Å². The second kappa shape index (κ2) is 11.0. The maximum absolute atomic E-state index is 13.9. The highest BCUT2D eigenvalue weighted by atomic mass is 16.5. The molecular weight excluding hydrogens is 450 g/mol. The highest BCUT2D eigenvalue weighted by Gasteiger charge is 2.50. The Labute approximate surface area is 214 Å². The molecule has 1 saturated carbocycles. The molecule has 1 atom stereocenters. The molecule has 0 radical (unpaired) electrons. The smallest absolute Gasteiger partial charge is 0.314 e. The SMILES string of the molecule is NC(=O)N1CCC2(CC1)c1ccccc1CC(=O)N2[C@H](COCc1ccccc1)CC1CCCCC1. The van der Waals surface area contributed by atoms with Crippen LogP contribution >= 0.6 is 0 Å². The number of ether oxygens (including phenoxy) is 1. The number of piperidine rings is 1. The van der Waals surface area contributed by atoms with Crippen LogP contribution in [0.15, 0.2) is 54.6 Å². The molecule has 0 bridgehead atoms. The number of carbonyl (C=O) groups excluding carboxylic acids is 2. The number of hydrogen-bond acceptors (Lipinski definition) is 3. The summed E-state index contributed by atoms with van der Waals surface area (Å²) in [6.45, 7) is 2.20. The second-order valence-electron chi connectivity index (χ2n) is 10.8. The van der Waals surface area contributed by atoms with Gasteiger partial charge in [0.2, 0.25) is 5.91 Å². The minimum atomic E-state index is -0.423. The average Bonchev–Trinajstić information content (AvgIpc) is 2.90. The zero-order valence-corrected chi connectivity index (χ0v) is 21.2. The van der Waals surface area contributed by atoms with E-state index >= 15 is 0 Å². The molecule has 5 rings (SSSR count). The van der Waals surface area contributed by atoms with Gasteiger partial charge >= 0.3 is 6.03 Å². The summed E-state index contributed by atoms with van der Waals surface area (Å²) in [4.78, 5) is 29.8. The molecule has 2 aromatic rings. The summed E-state index contributed by atoms with van der Waals surface area (Å²) in [5.74, 6) is 0.808. The van der Waals surface area contributed by atoms with Gasteiger partial charge in [-0.1, -0.05) is 86.7 Å². The van der Waals surface area contributed by atoms with Crippen molar-refractivity contribution >= 4 is 11.9 Å². The first-order valence-corrected chi connectivity index (χ1v) is 13.6. The minimum absolute atomic E-state index is 0.0118. The lowest BCUT2D eigenvalue weighted by molar-refractivity contribution is -0.150. The van der Waals surface area contributed by atoms with Crippen molar-refractivity contribution in [1.82, 2.24) is 9.80 Å². The number of amides is 3. The number of fused-ring (bicyclic) bond motifs is 2. The molecule has 2 heterocycles. The number of primary amides is 1. The van der Waals surface area contributed by atoms with E-state index in [1.165, 1.54) is 37.7 Å². The van der Waals surface area contributed by atoms with Crippen molar-refractivity contribution in [3.63, 3.8) is 0 Å². The fraction of sp³-hybridized carbons (Fsp3) is 0.533. The molecule has 2 aromatic carbocycles. The summed E-state index contributed by atoms with van der Waals surface area (Å²) < 4.78 is 6.33. The van der Waals surface area contributed by atoms with E-state index in [-0.39, 0.29) is 18.0 Å². The third-order valence-electron chi connectivity index (χ3n) is 8.61. The van der Waals surface area contributed by atoms with Crippen molar-refractivity contribution in [1.29, 1.82) is 0 Å². The molecule has 6 nitrogen and oxygen atoms in total. The predicted molar refractivity (Wildman–Crippen MR) is 140 cm³/mol. The summed E-state index contributed by atoms with van der Waals surface area (Å²) in [5.41, 5.74) is 8.72.